The fourth-order valence-corrected chi connectivity index (χ4v) is 3.31. The normalized spacial score (nSPS) is 12.0. The molecule has 0 aliphatic heterocycles. The van der Waals surface area contributed by atoms with Crippen LogP contribution in [0, 0.1) is 5.82 Å². The van der Waals surface area contributed by atoms with Crippen molar-refractivity contribution in [3.8, 4) is 28.1 Å². The lowest BCUT2D eigenvalue weighted by atomic mass is 10.0. The molecule has 2 aromatic carbocycles. The molecular weight excluding hydrogens is 451 g/mol. The molecule has 0 radical (unpaired) electrons. The first kappa shape index (κ1) is 20.5. The third kappa shape index (κ3) is 4.62. The van der Waals surface area contributed by atoms with Gasteiger partial charge in [-0.15, -0.1) is 0 Å². The van der Waals surface area contributed by atoms with Crippen LogP contribution in [0.4, 0.5) is 10.2 Å². The number of hydrogen-bond donors (Lipinski definition) is 4. The molecule has 0 aliphatic rings. The highest BCUT2D eigenvalue weighted by molar-refractivity contribution is 9.10. The smallest absolute Gasteiger partial charge is 0.132 e. The van der Waals surface area contributed by atoms with Crippen molar-refractivity contribution in [2.24, 2.45) is 0 Å². The highest BCUT2D eigenvalue weighted by Crippen LogP contribution is 2.37. The zero-order valence-electron chi connectivity index (χ0n) is 14.5. The lowest BCUT2D eigenvalue weighted by molar-refractivity contribution is 0.105. The summed E-state index contributed by atoms with van der Waals surface area (Å²) in [5, 5.41) is 32.0. The number of pyridine rings is 1. The third-order valence-electron chi connectivity index (χ3n) is 4.04. The van der Waals surface area contributed by atoms with Crippen LogP contribution < -0.4 is 5.32 Å². The number of aromatic hydroxyl groups is 1. The van der Waals surface area contributed by atoms with Gasteiger partial charge in [0, 0.05) is 22.1 Å². The van der Waals surface area contributed by atoms with E-state index in [-0.39, 0.29) is 22.9 Å². The number of nitrogens with zero attached hydrogens (tertiary/aromatic N) is 1. The lowest BCUT2D eigenvalue weighted by Crippen LogP contribution is -2.23. The van der Waals surface area contributed by atoms with E-state index in [2.05, 4.69) is 26.2 Å². The molecule has 1 heterocycles. The first-order valence-corrected chi connectivity index (χ1v) is 9.54. The first-order valence-electron chi connectivity index (χ1n) is 8.37. The minimum Gasteiger partial charge on any atom is -0.507 e. The quantitative estimate of drug-likeness (QED) is 0.431. The van der Waals surface area contributed by atoms with E-state index < -0.39 is 18.5 Å². The highest BCUT2D eigenvalue weighted by Gasteiger charge is 2.15. The topological polar surface area (TPSA) is 85.6 Å². The van der Waals surface area contributed by atoms with Crippen LogP contribution >= 0.6 is 27.5 Å². The van der Waals surface area contributed by atoms with E-state index in [9.17, 15) is 14.6 Å². The Kier molecular flexibility index (Phi) is 6.51. The van der Waals surface area contributed by atoms with Crippen molar-refractivity contribution < 1.29 is 19.7 Å². The van der Waals surface area contributed by atoms with Gasteiger partial charge in [-0.25, -0.2) is 9.37 Å². The number of rotatable bonds is 6. The number of aromatic nitrogens is 1. The number of halogens is 3. The molecule has 3 rings (SSSR count). The molecule has 1 unspecified atom stereocenters. The van der Waals surface area contributed by atoms with Crippen LogP contribution in [0.15, 0.2) is 53.0 Å². The van der Waals surface area contributed by atoms with E-state index in [1.807, 2.05) is 0 Å². The molecule has 5 nitrogen and oxygen atoms in total. The van der Waals surface area contributed by atoms with Gasteiger partial charge in [-0.05, 0) is 48.0 Å². The molecule has 8 heteroatoms. The van der Waals surface area contributed by atoms with Gasteiger partial charge in [0.1, 0.15) is 17.4 Å². The molecule has 0 aliphatic carbocycles. The van der Waals surface area contributed by atoms with Crippen molar-refractivity contribution in [2.45, 2.75) is 6.10 Å². The molecule has 0 fully saturated rings. The maximum absolute atomic E-state index is 14.5. The maximum atomic E-state index is 14.5. The number of hydrogen-bond acceptors (Lipinski definition) is 5. The summed E-state index contributed by atoms with van der Waals surface area (Å²) in [4.78, 5) is 4.45. The standard InChI is InChI=1S/C20H17BrClFN2O3/c21-12-4-5-18(28)14(8-12)17-6-11(20-15(22)2-1-3-16(20)23)7-19(25-17)24-9-13(27)10-26/h1-8,13,26-28H,9-10H2,(H,24,25). The van der Waals surface area contributed by atoms with Crippen LogP contribution in [0.5, 0.6) is 5.75 Å². The Morgan fingerprint density at radius 1 is 1.18 bits per heavy atom. The zero-order valence-corrected chi connectivity index (χ0v) is 16.9. The average molecular weight is 468 g/mol. The van der Waals surface area contributed by atoms with Crippen molar-refractivity contribution in [3.63, 3.8) is 0 Å². The van der Waals surface area contributed by atoms with E-state index in [0.29, 0.717) is 22.6 Å². The number of nitrogens with one attached hydrogen (secondary N) is 1. The van der Waals surface area contributed by atoms with Crippen molar-refractivity contribution in [1.82, 2.24) is 4.98 Å². The molecule has 28 heavy (non-hydrogen) atoms. The molecule has 0 amide bonds. The van der Waals surface area contributed by atoms with Crippen LogP contribution in [0.3, 0.4) is 0 Å². The molecule has 4 N–H and O–H groups in total. The van der Waals surface area contributed by atoms with Gasteiger partial charge in [0.15, 0.2) is 0 Å². The monoisotopic (exact) mass is 466 g/mol. The number of anilines is 1. The Bertz CT molecular complexity index is 983. The number of phenols is 1. The van der Waals surface area contributed by atoms with Gasteiger partial charge in [0.2, 0.25) is 0 Å². The first-order chi connectivity index (χ1) is 13.4. The number of aliphatic hydroxyl groups excluding tert-OH is 2. The maximum Gasteiger partial charge on any atom is 0.132 e. The number of phenolic OH excluding ortho intramolecular Hbond substituents is 1. The Morgan fingerprint density at radius 3 is 2.68 bits per heavy atom. The summed E-state index contributed by atoms with van der Waals surface area (Å²) >= 11 is 9.57. The molecule has 1 aromatic heterocycles. The molecule has 0 saturated carbocycles. The second-order valence-corrected chi connectivity index (χ2v) is 7.42. The van der Waals surface area contributed by atoms with Gasteiger partial charge < -0.3 is 20.6 Å². The molecule has 0 saturated heterocycles. The van der Waals surface area contributed by atoms with Gasteiger partial charge in [0.05, 0.1) is 23.4 Å². The van der Waals surface area contributed by atoms with Crippen LogP contribution in [0.1, 0.15) is 0 Å². The minimum absolute atomic E-state index is 0.00817. The van der Waals surface area contributed by atoms with Crippen molar-refractivity contribution in [3.05, 3.63) is 63.8 Å². The molecule has 0 spiro atoms. The lowest BCUT2D eigenvalue weighted by Gasteiger charge is -2.15. The number of aliphatic hydroxyl groups is 2. The molecule has 146 valence electrons. The number of benzene rings is 2. The highest BCUT2D eigenvalue weighted by atomic mass is 79.9. The predicted octanol–water partition coefficient (Wildman–Crippen LogP) is 4.44. The summed E-state index contributed by atoms with van der Waals surface area (Å²) in [6.45, 7) is -0.368. The fraction of sp³-hybridized carbons (Fsp3) is 0.150. The van der Waals surface area contributed by atoms with E-state index in [4.69, 9.17) is 16.7 Å². The summed E-state index contributed by atoms with van der Waals surface area (Å²) in [7, 11) is 0. The SMILES string of the molecule is OCC(O)CNc1cc(-c2c(F)cccc2Cl)cc(-c2cc(Br)ccc2O)n1. The van der Waals surface area contributed by atoms with Gasteiger partial charge >= 0.3 is 0 Å². The summed E-state index contributed by atoms with van der Waals surface area (Å²) in [5.41, 5.74) is 1.48. The average Bonchev–Trinajstić information content (AvgIpc) is 2.67. The van der Waals surface area contributed by atoms with Crippen LogP contribution in [0.25, 0.3) is 22.4 Å². The Hall–Kier alpha value is -2.19. The van der Waals surface area contributed by atoms with E-state index in [0.717, 1.165) is 4.47 Å². The molecule has 0 bridgehead atoms. The van der Waals surface area contributed by atoms with Crippen LogP contribution in [0.2, 0.25) is 5.02 Å². The summed E-state index contributed by atoms with van der Waals surface area (Å²) in [5.74, 6) is -0.156. The fourth-order valence-electron chi connectivity index (χ4n) is 2.68. The summed E-state index contributed by atoms with van der Waals surface area (Å²) in [6.07, 6.45) is -0.981. The largest absolute Gasteiger partial charge is 0.507 e. The Morgan fingerprint density at radius 2 is 1.96 bits per heavy atom. The molecule has 3 aromatic rings. The van der Waals surface area contributed by atoms with E-state index in [1.54, 1.807) is 30.3 Å². The molecule has 1 atom stereocenters. The summed E-state index contributed by atoms with van der Waals surface area (Å²) < 4.78 is 15.2. The second kappa shape index (κ2) is 8.87. The van der Waals surface area contributed by atoms with E-state index >= 15 is 0 Å². The van der Waals surface area contributed by atoms with E-state index in [1.165, 1.54) is 18.2 Å². The van der Waals surface area contributed by atoms with Gasteiger partial charge in [-0.3, -0.25) is 0 Å². The predicted molar refractivity (Wildman–Crippen MR) is 111 cm³/mol. The Balaban J connectivity index is 2.15. The zero-order chi connectivity index (χ0) is 20.3. The van der Waals surface area contributed by atoms with Gasteiger partial charge in [0.25, 0.3) is 0 Å². The minimum atomic E-state index is -0.981. The van der Waals surface area contributed by atoms with Gasteiger partial charge in [-0.1, -0.05) is 33.6 Å². The third-order valence-corrected chi connectivity index (χ3v) is 4.85. The van der Waals surface area contributed by atoms with Crippen molar-refractivity contribution in [1.29, 1.82) is 0 Å². The van der Waals surface area contributed by atoms with Gasteiger partial charge in [-0.2, -0.15) is 0 Å². The van der Waals surface area contributed by atoms with Crippen molar-refractivity contribution >= 4 is 33.3 Å². The molecular formula is C20H17BrClFN2O3. The van der Waals surface area contributed by atoms with Crippen LogP contribution in [-0.4, -0.2) is 39.6 Å². The van der Waals surface area contributed by atoms with Crippen LogP contribution in [-0.2, 0) is 0 Å². The summed E-state index contributed by atoms with van der Waals surface area (Å²) in [6, 6.07) is 12.5. The Labute approximate surface area is 174 Å². The van der Waals surface area contributed by atoms with Crippen molar-refractivity contribution in [2.75, 3.05) is 18.5 Å². The second-order valence-electron chi connectivity index (χ2n) is 6.10.